The standard InChI is InChI=1S/C23H22ClN7O/c1-31-8-7-14(12-31)23(32)29-22-21(25)27-19(13-5-3-2-4-6-13)20(28-22)15-9-16-11-26-30-18(16)17(24)10-15/h2-6,9-11,14H,7-8,12H2,1H3,(H2,25,27)(H,26,30)(H,28,29,32). The minimum atomic E-state index is -0.102. The number of H-pyrrole nitrogens is 1. The van der Waals surface area contributed by atoms with Crippen LogP contribution in [0.3, 0.4) is 0 Å². The first-order chi connectivity index (χ1) is 15.5. The first-order valence-corrected chi connectivity index (χ1v) is 10.7. The predicted octanol–water partition coefficient (Wildman–Crippen LogP) is 3.81. The molecule has 2 aromatic carbocycles. The molecule has 1 fully saturated rings. The summed E-state index contributed by atoms with van der Waals surface area (Å²) in [6.07, 6.45) is 2.51. The smallest absolute Gasteiger partial charge is 0.230 e. The van der Waals surface area contributed by atoms with Gasteiger partial charge in [0.25, 0.3) is 0 Å². The molecule has 8 nitrogen and oxygen atoms in total. The quantitative estimate of drug-likeness (QED) is 0.438. The second kappa shape index (κ2) is 8.22. The van der Waals surface area contributed by atoms with Crippen LogP contribution in [0.25, 0.3) is 33.4 Å². The van der Waals surface area contributed by atoms with Gasteiger partial charge in [0.1, 0.15) is 0 Å². The highest BCUT2D eigenvalue weighted by Crippen LogP contribution is 2.36. The van der Waals surface area contributed by atoms with Crippen LogP contribution in [0, 0.1) is 5.92 Å². The van der Waals surface area contributed by atoms with Crippen LogP contribution in [0.1, 0.15) is 6.42 Å². The summed E-state index contributed by atoms with van der Waals surface area (Å²) in [5, 5.41) is 11.2. The lowest BCUT2D eigenvalue weighted by molar-refractivity contribution is -0.119. The van der Waals surface area contributed by atoms with Gasteiger partial charge in [-0.15, -0.1) is 0 Å². The van der Waals surface area contributed by atoms with Gasteiger partial charge >= 0.3 is 0 Å². The Labute approximate surface area is 189 Å². The Morgan fingerprint density at radius 2 is 1.97 bits per heavy atom. The largest absolute Gasteiger partial charge is 0.381 e. The van der Waals surface area contributed by atoms with Gasteiger partial charge in [0.15, 0.2) is 11.6 Å². The zero-order valence-corrected chi connectivity index (χ0v) is 18.2. The van der Waals surface area contributed by atoms with Gasteiger partial charge in [0.2, 0.25) is 5.91 Å². The number of nitrogens with zero attached hydrogens (tertiary/aromatic N) is 4. The van der Waals surface area contributed by atoms with Crippen LogP contribution in [-0.4, -0.2) is 51.1 Å². The second-order valence-corrected chi connectivity index (χ2v) is 8.46. The van der Waals surface area contributed by atoms with Crippen LogP contribution in [0.2, 0.25) is 5.02 Å². The van der Waals surface area contributed by atoms with E-state index < -0.39 is 0 Å². The molecular formula is C23H22ClN7O. The van der Waals surface area contributed by atoms with E-state index in [9.17, 15) is 4.79 Å². The number of fused-ring (bicyclic) bond motifs is 1. The highest BCUT2D eigenvalue weighted by Gasteiger charge is 2.27. The lowest BCUT2D eigenvalue weighted by Gasteiger charge is -2.16. The number of likely N-dealkylation sites (tertiary alicyclic amines) is 1. The molecule has 3 heterocycles. The number of amides is 1. The number of hydrogen-bond acceptors (Lipinski definition) is 6. The average Bonchev–Trinajstić information content (AvgIpc) is 3.44. The lowest BCUT2D eigenvalue weighted by atomic mass is 10.0. The summed E-state index contributed by atoms with van der Waals surface area (Å²) in [5.41, 5.74) is 9.80. The van der Waals surface area contributed by atoms with Crippen LogP contribution in [0.5, 0.6) is 0 Å². The first-order valence-electron chi connectivity index (χ1n) is 10.3. The van der Waals surface area contributed by atoms with Gasteiger partial charge in [0.05, 0.1) is 34.0 Å². The summed E-state index contributed by atoms with van der Waals surface area (Å²) >= 11 is 6.49. The Morgan fingerprint density at radius 3 is 2.72 bits per heavy atom. The fraction of sp³-hybridized carbons (Fsp3) is 0.217. The van der Waals surface area contributed by atoms with Crippen molar-refractivity contribution in [1.82, 2.24) is 25.1 Å². The molecule has 1 amide bonds. The summed E-state index contributed by atoms with van der Waals surface area (Å²) in [6, 6.07) is 13.4. The number of nitrogens with two attached hydrogens (primary N) is 1. The summed E-state index contributed by atoms with van der Waals surface area (Å²) < 4.78 is 0. The maximum atomic E-state index is 12.8. The molecule has 1 aliphatic heterocycles. The number of halogens is 1. The molecule has 1 atom stereocenters. The summed E-state index contributed by atoms with van der Waals surface area (Å²) in [5.74, 6) is 0.220. The Bertz CT molecular complexity index is 1300. The van der Waals surface area contributed by atoms with Gasteiger partial charge in [0, 0.05) is 23.1 Å². The molecule has 5 rings (SSSR count). The zero-order valence-electron chi connectivity index (χ0n) is 17.5. The molecule has 1 aliphatic rings. The van der Waals surface area contributed by atoms with Gasteiger partial charge in [-0.3, -0.25) is 9.89 Å². The van der Waals surface area contributed by atoms with Crippen molar-refractivity contribution in [2.75, 3.05) is 31.2 Å². The average molecular weight is 448 g/mol. The Balaban J connectivity index is 1.62. The highest BCUT2D eigenvalue weighted by atomic mass is 35.5. The van der Waals surface area contributed by atoms with E-state index in [1.807, 2.05) is 49.5 Å². The van der Waals surface area contributed by atoms with E-state index in [0.717, 1.165) is 35.0 Å². The Hall–Kier alpha value is -3.49. The van der Waals surface area contributed by atoms with Crippen molar-refractivity contribution in [2.45, 2.75) is 6.42 Å². The van der Waals surface area contributed by atoms with E-state index in [2.05, 4.69) is 25.4 Å². The molecule has 0 saturated carbocycles. The Morgan fingerprint density at radius 1 is 1.19 bits per heavy atom. The van der Waals surface area contributed by atoms with Crippen molar-refractivity contribution in [3.63, 3.8) is 0 Å². The number of carbonyl (C=O) groups is 1. The van der Waals surface area contributed by atoms with E-state index in [1.54, 1.807) is 6.20 Å². The summed E-state index contributed by atoms with van der Waals surface area (Å²) in [4.78, 5) is 24.3. The first kappa shape index (κ1) is 20.4. The SMILES string of the molecule is CN1CCC(C(=O)Nc2nc(-c3cc(Cl)c4[nH]ncc4c3)c(-c3ccccc3)nc2N)C1. The van der Waals surface area contributed by atoms with Gasteiger partial charge in [-0.2, -0.15) is 5.10 Å². The number of hydrogen-bond donors (Lipinski definition) is 3. The number of anilines is 2. The summed E-state index contributed by atoms with van der Waals surface area (Å²) in [7, 11) is 2.00. The second-order valence-electron chi connectivity index (χ2n) is 8.05. The van der Waals surface area contributed by atoms with Crippen molar-refractivity contribution in [3.05, 3.63) is 53.7 Å². The van der Waals surface area contributed by atoms with Gasteiger partial charge < -0.3 is 16.0 Å². The van der Waals surface area contributed by atoms with Crippen molar-refractivity contribution in [1.29, 1.82) is 0 Å². The normalized spacial score (nSPS) is 16.5. The topological polar surface area (TPSA) is 113 Å². The molecule has 0 radical (unpaired) electrons. The molecule has 0 aliphatic carbocycles. The number of rotatable bonds is 4. The number of nitrogen functional groups attached to an aromatic ring is 1. The highest BCUT2D eigenvalue weighted by molar-refractivity contribution is 6.35. The Kier molecular flexibility index (Phi) is 5.24. The maximum Gasteiger partial charge on any atom is 0.230 e. The van der Waals surface area contributed by atoms with E-state index in [4.69, 9.17) is 22.3 Å². The fourth-order valence-corrected chi connectivity index (χ4v) is 4.33. The third-order valence-electron chi connectivity index (χ3n) is 5.75. The van der Waals surface area contributed by atoms with Crippen LogP contribution in [0.15, 0.2) is 48.7 Å². The molecule has 0 bridgehead atoms. The van der Waals surface area contributed by atoms with Gasteiger partial charge in [-0.25, -0.2) is 9.97 Å². The summed E-state index contributed by atoms with van der Waals surface area (Å²) in [6.45, 7) is 1.60. The molecule has 4 aromatic rings. The maximum absolute atomic E-state index is 12.8. The number of aromatic amines is 1. The third-order valence-corrected chi connectivity index (χ3v) is 6.05. The molecule has 1 saturated heterocycles. The van der Waals surface area contributed by atoms with Crippen LogP contribution in [0.4, 0.5) is 11.6 Å². The van der Waals surface area contributed by atoms with E-state index >= 15 is 0 Å². The molecule has 32 heavy (non-hydrogen) atoms. The molecule has 9 heteroatoms. The number of carbonyl (C=O) groups excluding carboxylic acids is 1. The van der Waals surface area contributed by atoms with E-state index in [0.29, 0.717) is 23.0 Å². The molecular weight excluding hydrogens is 426 g/mol. The van der Waals surface area contributed by atoms with Gasteiger partial charge in [-0.05, 0) is 32.1 Å². The predicted molar refractivity (Wildman–Crippen MR) is 126 cm³/mol. The minimum Gasteiger partial charge on any atom is -0.381 e. The fourth-order valence-electron chi connectivity index (χ4n) is 4.06. The molecule has 1 unspecified atom stereocenters. The van der Waals surface area contributed by atoms with Crippen molar-refractivity contribution >= 4 is 40.0 Å². The number of aromatic nitrogens is 4. The van der Waals surface area contributed by atoms with Crippen LogP contribution < -0.4 is 11.1 Å². The third kappa shape index (κ3) is 3.79. The van der Waals surface area contributed by atoms with E-state index in [-0.39, 0.29) is 23.5 Å². The number of nitrogens with one attached hydrogen (secondary N) is 2. The molecule has 2 aromatic heterocycles. The number of benzene rings is 2. The monoisotopic (exact) mass is 447 g/mol. The van der Waals surface area contributed by atoms with Crippen LogP contribution >= 0.6 is 11.6 Å². The van der Waals surface area contributed by atoms with Gasteiger partial charge in [-0.1, -0.05) is 41.9 Å². The molecule has 162 valence electrons. The molecule has 4 N–H and O–H groups in total. The van der Waals surface area contributed by atoms with E-state index in [1.165, 1.54) is 0 Å². The molecule has 0 spiro atoms. The van der Waals surface area contributed by atoms with Crippen molar-refractivity contribution in [2.24, 2.45) is 5.92 Å². The lowest BCUT2D eigenvalue weighted by Crippen LogP contribution is -2.26. The van der Waals surface area contributed by atoms with Crippen LogP contribution in [-0.2, 0) is 4.79 Å². The van der Waals surface area contributed by atoms with Crippen molar-refractivity contribution < 1.29 is 4.79 Å². The van der Waals surface area contributed by atoms with Crippen molar-refractivity contribution in [3.8, 4) is 22.5 Å². The zero-order chi connectivity index (χ0) is 22.2. The minimum absolute atomic E-state index is 0.0999.